The summed E-state index contributed by atoms with van der Waals surface area (Å²) in [5.74, 6) is 1.47. The Bertz CT molecular complexity index is 561. The maximum atomic E-state index is 13.3. The van der Waals surface area contributed by atoms with Crippen LogP contribution in [0.5, 0.6) is 0 Å². The molecular formula is C13H16FN3S. The second kappa shape index (κ2) is 4.80. The molecule has 1 atom stereocenters. The molecule has 1 saturated heterocycles. The summed E-state index contributed by atoms with van der Waals surface area (Å²) >= 11 is 1.98. The first kappa shape index (κ1) is 11.8. The monoisotopic (exact) mass is 265 g/mol. The molecule has 1 aliphatic rings. The molecule has 2 N–H and O–H groups in total. The number of rotatable bonds is 2. The molecule has 2 aromatic rings. The largest absolute Gasteiger partial charge is 0.369 e. The second-order valence-electron chi connectivity index (χ2n) is 4.70. The molecule has 0 radical (unpaired) electrons. The maximum Gasteiger partial charge on any atom is 0.201 e. The van der Waals surface area contributed by atoms with Crippen LogP contribution in [-0.2, 0) is 6.54 Å². The van der Waals surface area contributed by atoms with E-state index in [0.29, 0.717) is 11.2 Å². The van der Waals surface area contributed by atoms with Gasteiger partial charge in [-0.3, -0.25) is 0 Å². The number of anilines is 1. The first-order valence-corrected chi connectivity index (χ1v) is 7.32. The zero-order valence-electron chi connectivity index (χ0n) is 10.1. The van der Waals surface area contributed by atoms with Crippen molar-refractivity contribution in [3.8, 4) is 0 Å². The van der Waals surface area contributed by atoms with Gasteiger partial charge in [0.1, 0.15) is 5.82 Å². The molecule has 96 valence electrons. The molecule has 0 aliphatic carbocycles. The van der Waals surface area contributed by atoms with E-state index in [-0.39, 0.29) is 5.82 Å². The smallest absolute Gasteiger partial charge is 0.201 e. The van der Waals surface area contributed by atoms with Crippen LogP contribution in [0.4, 0.5) is 10.3 Å². The summed E-state index contributed by atoms with van der Waals surface area (Å²) in [7, 11) is 0. The fourth-order valence-corrected chi connectivity index (χ4v) is 3.75. The van der Waals surface area contributed by atoms with Crippen LogP contribution >= 0.6 is 11.8 Å². The Morgan fingerprint density at radius 1 is 1.44 bits per heavy atom. The Morgan fingerprint density at radius 2 is 2.33 bits per heavy atom. The van der Waals surface area contributed by atoms with Gasteiger partial charge in [0.15, 0.2) is 0 Å². The molecular weight excluding hydrogens is 249 g/mol. The Morgan fingerprint density at radius 3 is 3.11 bits per heavy atom. The number of nitrogens with zero attached hydrogens (tertiary/aromatic N) is 2. The Labute approximate surface area is 110 Å². The predicted octanol–water partition coefficient (Wildman–Crippen LogP) is 3.04. The van der Waals surface area contributed by atoms with E-state index in [1.807, 2.05) is 16.3 Å². The standard InChI is InChI=1S/C13H16FN3S/c14-9-4-5-11-12(7-9)17(13(15)16-11)8-10-3-1-2-6-18-10/h4-5,7,10H,1-3,6,8H2,(H2,15,16). The van der Waals surface area contributed by atoms with Gasteiger partial charge < -0.3 is 10.3 Å². The number of thioether (sulfide) groups is 1. The number of halogens is 1. The van der Waals surface area contributed by atoms with Crippen LogP contribution in [0.2, 0.25) is 0 Å². The lowest BCUT2D eigenvalue weighted by atomic mass is 10.2. The van der Waals surface area contributed by atoms with Crippen molar-refractivity contribution >= 4 is 28.7 Å². The van der Waals surface area contributed by atoms with Gasteiger partial charge in [0.25, 0.3) is 0 Å². The maximum absolute atomic E-state index is 13.3. The average molecular weight is 265 g/mol. The van der Waals surface area contributed by atoms with Crippen molar-refractivity contribution in [1.29, 1.82) is 0 Å². The summed E-state index contributed by atoms with van der Waals surface area (Å²) < 4.78 is 15.3. The first-order valence-electron chi connectivity index (χ1n) is 6.27. The molecule has 1 aromatic heterocycles. The highest BCUT2D eigenvalue weighted by Crippen LogP contribution is 2.28. The zero-order valence-corrected chi connectivity index (χ0v) is 10.9. The molecule has 0 spiro atoms. The highest BCUT2D eigenvalue weighted by atomic mass is 32.2. The minimum absolute atomic E-state index is 0.236. The average Bonchev–Trinajstić information content (AvgIpc) is 2.67. The third-order valence-electron chi connectivity index (χ3n) is 3.40. The first-order chi connectivity index (χ1) is 8.74. The van der Waals surface area contributed by atoms with Crippen LogP contribution in [0, 0.1) is 5.82 Å². The number of nitrogens with two attached hydrogens (primary N) is 1. The van der Waals surface area contributed by atoms with E-state index in [2.05, 4.69) is 4.98 Å². The molecule has 0 amide bonds. The summed E-state index contributed by atoms with van der Waals surface area (Å²) in [6.45, 7) is 0.830. The van der Waals surface area contributed by atoms with E-state index < -0.39 is 0 Å². The SMILES string of the molecule is Nc1nc2ccc(F)cc2n1CC1CCCCS1. The van der Waals surface area contributed by atoms with Crippen molar-refractivity contribution in [2.45, 2.75) is 31.1 Å². The van der Waals surface area contributed by atoms with Gasteiger partial charge in [0, 0.05) is 11.8 Å². The summed E-state index contributed by atoms with van der Waals surface area (Å²) in [4.78, 5) is 4.28. The molecule has 3 rings (SSSR count). The highest BCUT2D eigenvalue weighted by molar-refractivity contribution is 7.99. The van der Waals surface area contributed by atoms with Crippen LogP contribution in [-0.4, -0.2) is 20.6 Å². The van der Waals surface area contributed by atoms with Gasteiger partial charge in [-0.05, 0) is 36.8 Å². The number of hydrogen-bond acceptors (Lipinski definition) is 3. The molecule has 1 unspecified atom stereocenters. The second-order valence-corrected chi connectivity index (χ2v) is 6.11. The predicted molar refractivity (Wildman–Crippen MR) is 74.2 cm³/mol. The molecule has 18 heavy (non-hydrogen) atoms. The fourth-order valence-electron chi connectivity index (χ4n) is 2.46. The fraction of sp³-hybridized carbons (Fsp3) is 0.462. The third-order valence-corrected chi connectivity index (χ3v) is 4.78. The van der Waals surface area contributed by atoms with Crippen LogP contribution in [0.15, 0.2) is 18.2 Å². The van der Waals surface area contributed by atoms with E-state index in [0.717, 1.165) is 17.6 Å². The van der Waals surface area contributed by atoms with E-state index in [1.165, 1.54) is 37.1 Å². The number of aromatic nitrogens is 2. The quantitative estimate of drug-likeness (QED) is 0.907. The van der Waals surface area contributed by atoms with Gasteiger partial charge >= 0.3 is 0 Å². The molecule has 1 aromatic carbocycles. The Kier molecular flexibility index (Phi) is 3.16. The van der Waals surface area contributed by atoms with E-state index >= 15 is 0 Å². The normalized spacial score (nSPS) is 20.4. The third kappa shape index (κ3) is 2.19. The van der Waals surface area contributed by atoms with Gasteiger partial charge in [-0.1, -0.05) is 6.42 Å². The topological polar surface area (TPSA) is 43.8 Å². The van der Waals surface area contributed by atoms with Crippen LogP contribution in [0.1, 0.15) is 19.3 Å². The van der Waals surface area contributed by atoms with Gasteiger partial charge in [-0.25, -0.2) is 9.37 Å². The van der Waals surface area contributed by atoms with Crippen molar-refractivity contribution in [1.82, 2.24) is 9.55 Å². The van der Waals surface area contributed by atoms with E-state index in [4.69, 9.17) is 5.73 Å². The Balaban J connectivity index is 1.94. The number of fused-ring (bicyclic) bond motifs is 1. The van der Waals surface area contributed by atoms with Crippen molar-refractivity contribution < 1.29 is 4.39 Å². The number of benzene rings is 1. The van der Waals surface area contributed by atoms with Crippen LogP contribution < -0.4 is 5.73 Å². The lowest BCUT2D eigenvalue weighted by molar-refractivity contribution is 0.593. The summed E-state index contributed by atoms with van der Waals surface area (Å²) in [5.41, 5.74) is 7.52. The van der Waals surface area contributed by atoms with Crippen molar-refractivity contribution in [2.24, 2.45) is 0 Å². The molecule has 1 fully saturated rings. The van der Waals surface area contributed by atoms with Crippen molar-refractivity contribution in [2.75, 3.05) is 11.5 Å². The minimum atomic E-state index is -0.236. The van der Waals surface area contributed by atoms with E-state index in [9.17, 15) is 4.39 Å². The lowest BCUT2D eigenvalue weighted by Crippen LogP contribution is -2.18. The molecule has 5 heteroatoms. The number of nitrogen functional groups attached to an aromatic ring is 1. The number of imidazole rings is 1. The van der Waals surface area contributed by atoms with Gasteiger partial charge in [0.2, 0.25) is 5.95 Å². The summed E-state index contributed by atoms with van der Waals surface area (Å²) in [6.07, 6.45) is 3.79. The van der Waals surface area contributed by atoms with Gasteiger partial charge in [-0.15, -0.1) is 0 Å². The summed E-state index contributed by atoms with van der Waals surface area (Å²) in [6, 6.07) is 4.63. The zero-order chi connectivity index (χ0) is 12.5. The van der Waals surface area contributed by atoms with Crippen molar-refractivity contribution in [3.63, 3.8) is 0 Å². The van der Waals surface area contributed by atoms with Gasteiger partial charge in [0.05, 0.1) is 11.0 Å². The molecule has 0 bridgehead atoms. The van der Waals surface area contributed by atoms with E-state index in [1.54, 1.807) is 6.07 Å². The van der Waals surface area contributed by atoms with Crippen LogP contribution in [0.25, 0.3) is 11.0 Å². The molecule has 1 aliphatic heterocycles. The Hall–Kier alpha value is -1.23. The highest BCUT2D eigenvalue weighted by Gasteiger charge is 2.17. The minimum Gasteiger partial charge on any atom is -0.369 e. The van der Waals surface area contributed by atoms with Crippen LogP contribution in [0.3, 0.4) is 0 Å². The molecule has 3 nitrogen and oxygen atoms in total. The number of hydrogen-bond donors (Lipinski definition) is 1. The lowest BCUT2D eigenvalue weighted by Gasteiger charge is -2.22. The summed E-state index contributed by atoms with van der Waals surface area (Å²) in [5, 5.41) is 0.571. The van der Waals surface area contributed by atoms with Gasteiger partial charge in [-0.2, -0.15) is 11.8 Å². The van der Waals surface area contributed by atoms with Crippen molar-refractivity contribution in [3.05, 3.63) is 24.0 Å². The molecule has 2 heterocycles. The molecule has 0 saturated carbocycles.